The molecule has 1 saturated heterocycles. The molecule has 1 N–H and O–H groups in total. The predicted molar refractivity (Wildman–Crippen MR) is 70.5 cm³/mol. The lowest BCUT2D eigenvalue weighted by molar-refractivity contribution is 0.431. The van der Waals surface area contributed by atoms with Crippen molar-refractivity contribution >= 4 is 17.3 Å². The highest BCUT2D eigenvalue weighted by atomic mass is 35.5. The van der Waals surface area contributed by atoms with Crippen LogP contribution in [0.15, 0.2) is 18.2 Å². The number of hydrogen-bond donors (Lipinski definition) is 1. The second-order valence-electron chi connectivity index (χ2n) is 4.69. The van der Waals surface area contributed by atoms with E-state index in [2.05, 4.69) is 37.1 Å². The summed E-state index contributed by atoms with van der Waals surface area (Å²) in [6.07, 6.45) is 0. The molecule has 3 heteroatoms. The third-order valence-electron chi connectivity index (χ3n) is 3.27. The van der Waals surface area contributed by atoms with Gasteiger partial charge in [-0.3, -0.25) is 0 Å². The molecule has 1 aliphatic rings. The molecule has 0 bridgehead atoms. The first-order valence-electron chi connectivity index (χ1n) is 5.85. The molecular formula is C13H19ClN2. The molecule has 88 valence electrons. The Morgan fingerprint density at radius 3 is 2.44 bits per heavy atom. The molecule has 1 aromatic carbocycles. The fourth-order valence-corrected chi connectivity index (χ4v) is 2.74. The molecule has 0 spiro atoms. The summed E-state index contributed by atoms with van der Waals surface area (Å²) in [5, 5.41) is 4.26. The van der Waals surface area contributed by atoms with Crippen LogP contribution in [-0.2, 0) is 0 Å². The van der Waals surface area contributed by atoms with E-state index in [1.165, 1.54) is 11.3 Å². The fraction of sp³-hybridized carbons (Fsp3) is 0.538. The Morgan fingerprint density at radius 2 is 1.88 bits per heavy atom. The largest absolute Gasteiger partial charge is 0.363 e. The van der Waals surface area contributed by atoms with Gasteiger partial charge in [-0.1, -0.05) is 11.6 Å². The van der Waals surface area contributed by atoms with E-state index in [9.17, 15) is 0 Å². The van der Waals surface area contributed by atoms with Crippen LogP contribution in [0.2, 0.25) is 5.02 Å². The van der Waals surface area contributed by atoms with Crippen molar-refractivity contribution in [3.05, 3.63) is 28.8 Å². The Bertz CT molecular complexity index is 368. The zero-order valence-corrected chi connectivity index (χ0v) is 10.9. The van der Waals surface area contributed by atoms with Gasteiger partial charge in [-0.05, 0) is 44.5 Å². The van der Waals surface area contributed by atoms with Gasteiger partial charge in [0.15, 0.2) is 0 Å². The van der Waals surface area contributed by atoms with Gasteiger partial charge in [-0.15, -0.1) is 0 Å². The first-order chi connectivity index (χ1) is 7.59. The van der Waals surface area contributed by atoms with E-state index >= 15 is 0 Å². The van der Waals surface area contributed by atoms with Gasteiger partial charge in [0, 0.05) is 35.9 Å². The minimum Gasteiger partial charge on any atom is -0.363 e. The minimum atomic E-state index is 0.531. The molecule has 16 heavy (non-hydrogen) atoms. The van der Waals surface area contributed by atoms with Crippen molar-refractivity contribution in [2.75, 3.05) is 18.0 Å². The maximum absolute atomic E-state index is 6.00. The first-order valence-corrected chi connectivity index (χ1v) is 6.22. The molecule has 0 radical (unpaired) electrons. The van der Waals surface area contributed by atoms with E-state index in [1.54, 1.807) is 0 Å². The van der Waals surface area contributed by atoms with Crippen LogP contribution in [0.5, 0.6) is 0 Å². The van der Waals surface area contributed by atoms with E-state index in [1.807, 2.05) is 12.1 Å². The summed E-state index contributed by atoms with van der Waals surface area (Å²) in [6.45, 7) is 8.74. The smallest absolute Gasteiger partial charge is 0.0410 e. The molecule has 1 heterocycles. The summed E-state index contributed by atoms with van der Waals surface area (Å²) in [7, 11) is 0. The normalized spacial score (nSPS) is 25.9. The van der Waals surface area contributed by atoms with Crippen LogP contribution in [0.3, 0.4) is 0 Å². The number of aryl methyl sites for hydroxylation is 1. The van der Waals surface area contributed by atoms with Gasteiger partial charge in [0.2, 0.25) is 0 Å². The highest BCUT2D eigenvalue weighted by molar-refractivity contribution is 6.30. The standard InChI is InChI=1S/C13H19ClN2/c1-9-6-12(14)4-5-13(9)16-10(2)7-15-8-11(16)3/h4-6,10-11,15H,7-8H2,1-3H3. The molecule has 1 fully saturated rings. The highest BCUT2D eigenvalue weighted by Crippen LogP contribution is 2.27. The van der Waals surface area contributed by atoms with Crippen molar-refractivity contribution in [3.8, 4) is 0 Å². The highest BCUT2D eigenvalue weighted by Gasteiger charge is 2.25. The van der Waals surface area contributed by atoms with Crippen molar-refractivity contribution < 1.29 is 0 Å². The van der Waals surface area contributed by atoms with Crippen LogP contribution in [0.4, 0.5) is 5.69 Å². The molecule has 2 nitrogen and oxygen atoms in total. The Hall–Kier alpha value is -0.730. The predicted octanol–water partition coefficient (Wildman–Crippen LogP) is 2.84. The maximum Gasteiger partial charge on any atom is 0.0410 e. The molecular weight excluding hydrogens is 220 g/mol. The number of piperazine rings is 1. The monoisotopic (exact) mass is 238 g/mol. The third kappa shape index (κ3) is 2.18. The lowest BCUT2D eigenvalue weighted by Gasteiger charge is -2.42. The van der Waals surface area contributed by atoms with Gasteiger partial charge in [-0.25, -0.2) is 0 Å². The zero-order valence-electron chi connectivity index (χ0n) is 10.1. The van der Waals surface area contributed by atoms with Crippen LogP contribution < -0.4 is 10.2 Å². The fourth-order valence-electron chi connectivity index (χ4n) is 2.52. The van der Waals surface area contributed by atoms with E-state index in [0.29, 0.717) is 12.1 Å². The van der Waals surface area contributed by atoms with Gasteiger partial charge in [0.25, 0.3) is 0 Å². The molecule has 0 aliphatic carbocycles. The number of halogens is 1. The lowest BCUT2D eigenvalue weighted by Crippen LogP contribution is -2.55. The number of benzene rings is 1. The summed E-state index contributed by atoms with van der Waals surface area (Å²) in [6, 6.07) is 7.21. The van der Waals surface area contributed by atoms with E-state index in [-0.39, 0.29) is 0 Å². The molecule has 2 unspecified atom stereocenters. The van der Waals surface area contributed by atoms with Crippen molar-refractivity contribution in [2.45, 2.75) is 32.9 Å². The van der Waals surface area contributed by atoms with Gasteiger partial charge in [0.05, 0.1) is 0 Å². The minimum absolute atomic E-state index is 0.531. The van der Waals surface area contributed by atoms with Crippen LogP contribution in [-0.4, -0.2) is 25.2 Å². The van der Waals surface area contributed by atoms with E-state index in [4.69, 9.17) is 11.6 Å². The topological polar surface area (TPSA) is 15.3 Å². The quantitative estimate of drug-likeness (QED) is 0.810. The molecule has 2 atom stereocenters. The van der Waals surface area contributed by atoms with Crippen LogP contribution in [0.1, 0.15) is 19.4 Å². The summed E-state index contributed by atoms with van der Waals surface area (Å²) < 4.78 is 0. The Morgan fingerprint density at radius 1 is 1.25 bits per heavy atom. The number of rotatable bonds is 1. The second-order valence-corrected chi connectivity index (χ2v) is 5.13. The second kappa shape index (κ2) is 4.64. The zero-order chi connectivity index (χ0) is 11.7. The summed E-state index contributed by atoms with van der Waals surface area (Å²) >= 11 is 6.00. The van der Waals surface area contributed by atoms with Crippen molar-refractivity contribution in [3.63, 3.8) is 0 Å². The van der Waals surface area contributed by atoms with E-state index in [0.717, 1.165) is 18.1 Å². The molecule has 0 aromatic heterocycles. The van der Waals surface area contributed by atoms with E-state index < -0.39 is 0 Å². The lowest BCUT2D eigenvalue weighted by atomic mass is 10.1. The van der Waals surface area contributed by atoms with Crippen molar-refractivity contribution in [1.29, 1.82) is 0 Å². The van der Waals surface area contributed by atoms with Crippen LogP contribution >= 0.6 is 11.6 Å². The number of hydrogen-bond acceptors (Lipinski definition) is 2. The molecule has 2 rings (SSSR count). The van der Waals surface area contributed by atoms with Crippen molar-refractivity contribution in [2.24, 2.45) is 0 Å². The van der Waals surface area contributed by atoms with Crippen LogP contribution in [0, 0.1) is 6.92 Å². The molecule has 1 aliphatic heterocycles. The van der Waals surface area contributed by atoms with Crippen LogP contribution in [0.25, 0.3) is 0 Å². The van der Waals surface area contributed by atoms with Gasteiger partial charge in [-0.2, -0.15) is 0 Å². The first kappa shape index (κ1) is 11.7. The number of anilines is 1. The molecule has 0 amide bonds. The average Bonchev–Trinajstić information content (AvgIpc) is 2.20. The van der Waals surface area contributed by atoms with Gasteiger partial charge in [0.1, 0.15) is 0 Å². The Kier molecular flexibility index (Phi) is 3.41. The molecule has 1 aromatic rings. The van der Waals surface area contributed by atoms with Gasteiger partial charge >= 0.3 is 0 Å². The SMILES string of the molecule is Cc1cc(Cl)ccc1N1C(C)CNCC1C. The summed E-state index contributed by atoms with van der Waals surface area (Å²) in [5.41, 5.74) is 2.57. The number of nitrogens with zero attached hydrogens (tertiary/aromatic N) is 1. The third-order valence-corrected chi connectivity index (χ3v) is 3.50. The summed E-state index contributed by atoms with van der Waals surface area (Å²) in [5.74, 6) is 0. The average molecular weight is 239 g/mol. The number of nitrogens with one attached hydrogen (secondary N) is 1. The molecule has 0 saturated carbocycles. The Balaban J connectivity index is 2.34. The maximum atomic E-state index is 6.00. The Labute approximate surface area is 103 Å². The van der Waals surface area contributed by atoms with Crippen molar-refractivity contribution in [1.82, 2.24) is 5.32 Å². The summed E-state index contributed by atoms with van der Waals surface area (Å²) in [4.78, 5) is 2.49. The van der Waals surface area contributed by atoms with Gasteiger partial charge < -0.3 is 10.2 Å².